The number of hydrogen-bond acceptors (Lipinski definition) is 2. The van der Waals surface area contributed by atoms with Crippen LogP contribution in [0.15, 0.2) is 0 Å². The highest BCUT2D eigenvalue weighted by Crippen LogP contribution is 2.23. The van der Waals surface area contributed by atoms with E-state index in [2.05, 4.69) is 0 Å². The van der Waals surface area contributed by atoms with Crippen molar-refractivity contribution in [1.82, 2.24) is 0 Å². The second-order valence-corrected chi connectivity index (χ2v) is 2.45. The Morgan fingerprint density at radius 3 is 2.40 bits per heavy atom. The van der Waals surface area contributed by atoms with Gasteiger partial charge < -0.3 is 9.47 Å². The van der Waals surface area contributed by atoms with E-state index in [0.29, 0.717) is 0 Å². The summed E-state index contributed by atoms with van der Waals surface area (Å²) in [7, 11) is 6.71. The van der Waals surface area contributed by atoms with Gasteiger partial charge in [-0.1, -0.05) is 0 Å². The topological polar surface area (TPSA) is 18.5 Å². The van der Waals surface area contributed by atoms with E-state index in [4.69, 9.17) is 17.3 Å². The predicted octanol–water partition coefficient (Wildman–Crippen LogP) is 0.253. The molecule has 0 aromatic rings. The van der Waals surface area contributed by atoms with Crippen molar-refractivity contribution >= 4 is 7.85 Å². The van der Waals surface area contributed by atoms with Gasteiger partial charge in [-0.15, -0.1) is 0 Å². The molecule has 0 aromatic heterocycles. The molecule has 0 spiro atoms. The fraction of sp³-hybridized carbons (Fsp3) is 1.00. The summed E-state index contributed by atoms with van der Waals surface area (Å²) in [4.78, 5) is 0. The van der Waals surface area contributed by atoms with Crippen molar-refractivity contribution in [3.8, 4) is 0 Å². The molecule has 0 amide bonds. The molecule has 56 valence electrons. The normalized spacial score (nSPS) is 47.9. The molecule has 0 N–H and O–H groups in total. The van der Waals surface area contributed by atoms with Crippen LogP contribution in [0, 0.1) is 0 Å². The zero-order chi connectivity index (χ0) is 7.72. The lowest BCUT2D eigenvalue weighted by molar-refractivity contribution is 0.0126. The number of halogens is 1. The van der Waals surface area contributed by atoms with Crippen LogP contribution in [0.4, 0.5) is 4.39 Å². The van der Waals surface area contributed by atoms with Gasteiger partial charge in [-0.05, 0) is 6.92 Å². The molecule has 4 unspecified atom stereocenters. The maximum atomic E-state index is 12.9. The first kappa shape index (κ1) is 8.02. The van der Waals surface area contributed by atoms with Gasteiger partial charge in [0.2, 0.25) is 0 Å². The van der Waals surface area contributed by atoms with Gasteiger partial charge in [0.15, 0.2) is 0 Å². The molecular formula is C6H10BFO2. The summed E-state index contributed by atoms with van der Waals surface area (Å²) in [5.41, 5.74) is 0. The Hall–Kier alpha value is -0.0851. The third kappa shape index (κ3) is 1.18. The van der Waals surface area contributed by atoms with Gasteiger partial charge in [0.25, 0.3) is 0 Å². The van der Waals surface area contributed by atoms with Crippen molar-refractivity contribution < 1.29 is 13.9 Å². The number of methoxy groups -OCH3 is 1. The first-order valence-electron chi connectivity index (χ1n) is 3.24. The molecule has 0 aliphatic carbocycles. The van der Waals surface area contributed by atoms with Crippen molar-refractivity contribution in [2.24, 2.45) is 0 Å². The molecule has 10 heavy (non-hydrogen) atoms. The van der Waals surface area contributed by atoms with Gasteiger partial charge in [-0.25, -0.2) is 4.39 Å². The average molecular weight is 144 g/mol. The largest absolute Gasteiger partial charge is 0.379 e. The fourth-order valence-corrected chi connectivity index (χ4v) is 1.17. The van der Waals surface area contributed by atoms with E-state index >= 15 is 0 Å². The SMILES string of the molecule is [B]C1OC(C)C(OC)C1F. The average Bonchev–Trinajstić information content (AvgIpc) is 2.09. The number of hydrogen-bond donors (Lipinski definition) is 0. The Morgan fingerprint density at radius 1 is 1.60 bits per heavy atom. The van der Waals surface area contributed by atoms with E-state index < -0.39 is 18.3 Å². The van der Waals surface area contributed by atoms with E-state index in [-0.39, 0.29) is 6.10 Å². The quantitative estimate of drug-likeness (QED) is 0.491. The molecule has 1 aliphatic rings. The number of ether oxygens (including phenoxy) is 2. The highest BCUT2D eigenvalue weighted by atomic mass is 19.1. The van der Waals surface area contributed by atoms with Gasteiger partial charge in [0, 0.05) is 7.11 Å². The summed E-state index contributed by atoms with van der Waals surface area (Å²) < 4.78 is 22.6. The third-order valence-corrected chi connectivity index (χ3v) is 1.73. The zero-order valence-electron chi connectivity index (χ0n) is 6.08. The van der Waals surface area contributed by atoms with Crippen molar-refractivity contribution in [1.29, 1.82) is 0 Å². The first-order chi connectivity index (χ1) is 4.66. The minimum Gasteiger partial charge on any atom is -0.379 e. The third-order valence-electron chi connectivity index (χ3n) is 1.73. The van der Waals surface area contributed by atoms with Crippen LogP contribution in [0.2, 0.25) is 0 Å². The molecular weight excluding hydrogens is 134 g/mol. The molecule has 4 heteroatoms. The van der Waals surface area contributed by atoms with Crippen LogP contribution in [0.25, 0.3) is 0 Å². The van der Waals surface area contributed by atoms with Crippen molar-refractivity contribution in [2.75, 3.05) is 7.11 Å². The second kappa shape index (κ2) is 2.88. The molecule has 1 rings (SSSR count). The monoisotopic (exact) mass is 144 g/mol. The summed E-state index contributed by atoms with van der Waals surface area (Å²) >= 11 is 0. The molecule has 1 saturated heterocycles. The lowest BCUT2D eigenvalue weighted by Gasteiger charge is -2.12. The van der Waals surface area contributed by atoms with Crippen molar-refractivity contribution in [3.63, 3.8) is 0 Å². The second-order valence-electron chi connectivity index (χ2n) is 2.45. The minimum absolute atomic E-state index is 0.241. The van der Waals surface area contributed by atoms with Gasteiger partial charge in [0.05, 0.1) is 12.1 Å². The molecule has 0 saturated carbocycles. The summed E-state index contributed by atoms with van der Waals surface area (Å²) in [5, 5.41) is 0. The lowest BCUT2D eigenvalue weighted by Crippen LogP contribution is -2.29. The smallest absolute Gasteiger partial charge is 0.146 e. The molecule has 0 bridgehead atoms. The van der Waals surface area contributed by atoms with Crippen LogP contribution in [-0.4, -0.2) is 39.3 Å². The van der Waals surface area contributed by atoms with Crippen molar-refractivity contribution in [3.05, 3.63) is 0 Å². The Balaban J connectivity index is 2.55. The van der Waals surface area contributed by atoms with Crippen LogP contribution in [-0.2, 0) is 9.47 Å². The highest BCUT2D eigenvalue weighted by Gasteiger charge is 2.39. The van der Waals surface area contributed by atoms with Crippen molar-refractivity contribution in [2.45, 2.75) is 31.3 Å². The molecule has 2 nitrogen and oxygen atoms in total. The Kier molecular flexibility index (Phi) is 2.31. The van der Waals surface area contributed by atoms with Crippen LogP contribution >= 0.6 is 0 Å². The Labute approximate surface area is 61.1 Å². The van der Waals surface area contributed by atoms with E-state index in [9.17, 15) is 4.39 Å². The summed E-state index contributed by atoms with van der Waals surface area (Å²) in [6, 6.07) is -0.819. The lowest BCUT2D eigenvalue weighted by atomic mass is 9.94. The fourth-order valence-electron chi connectivity index (χ4n) is 1.17. The summed E-state index contributed by atoms with van der Waals surface area (Å²) in [5.74, 6) is 0. The summed E-state index contributed by atoms with van der Waals surface area (Å²) in [6.07, 6.45) is -1.94. The summed E-state index contributed by atoms with van der Waals surface area (Å²) in [6.45, 7) is 1.74. The molecule has 2 radical (unpaired) electrons. The number of rotatable bonds is 1. The maximum Gasteiger partial charge on any atom is 0.146 e. The molecule has 0 aromatic carbocycles. The molecule has 1 aliphatic heterocycles. The van der Waals surface area contributed by atoms with Crippen LogP contribution in [0.1, 0.15) is 6.92 Å². The molecule has 1 fully saturated rings. The zero-order valence-corrected chi connectivity index (χ0v) is 6.08. The van der Waals surface area contributed by atoms with Gasteiger partial charge >= 0.3 is 0 Å². The molecule has 1 heterocycles. The Morgan fingerprint density at radius 2 is 2.20 bits per heavy atom. The van der Waals surface area contributed by atoms with Crippen LogP contribution < -0.4 is 0 Å². The van der Waals surface area contributed by atoms with E-state index in [1.165, 1.54) is 7.11 Å². The van der Waals surface area contributed by atoms with E-state index in [0.717, 1.165) is 0 Å². The highest BCUT2D eigenvalue weighted by molar-refractivity contribution is 6.11. The van der Waals surface area contributed by atoms with Gasteiger partial charge in [-0.3, -0.25) is 0 Å². The minimum atomic E-state index is -1.19. The standard InChI is InChI=1S/C6H10BFO2/c1-3-5(9-2)4(8)6(7)10-3/h3-6H,1-2H3. The Bertz CT molecular complexity index is 122. The maximum absolute atomic E-state index is 12.9. The van der Waals surface area contributed by atoms with E-state index in [1.54, 1.807) is 6.92 Å². The van der Waals surface area contributed by atoms with Crippen LogP contribution in [0.5, 0.6) is 0 Å². The van der Waals surface area contributed by atoms with E-state index in [1.807, 2.05) is 0 Å². The number of alkyl halides is 1. The van der Waals surface area contributed by atoms with Crippen LogP contribution in [0.3, 0.4) is 0 Å². The predicted molar refractivity (Wildman–Crippen MR) is 35.8 cm³/mol. The molecule has 4 atom stereocenters. The van der Waals surface area contributed by atoms with Gasteiger partial charge in [0.1, 0.15) is 20.1 Å². The van der Waals surface area contributed by atoms with Gasteiger partial charge in [-0.2, -0.15) is 0 Å². The first-order valence-corrected chi connectivity index (χ1v) is 3.24.